The van der Waals surface area contributed by atoms with Crippen LogP contribution in [0.2, 0.25) is 0 Å². The van der Waals surface area contributed by atoms with Gasteiger partial charge in [0.2, 0.25) is 0 Å². The fourth-order valence-electron chi connectivity index (χ4n) is 4.16. The molecule has 3 aliphatic rings. The normalized spacial score (nSPS) is 24.8. The number of aromatic amines is 1. The highest BCUT2D eigenvalue weighted by Gasteiger charge is 2.39. The summed E-state index contributed by atoms with van der Waals surface area (Å²) in [5.41, 5.74) is 3.18. The van der Waals surface area contributed by atoms with Crippen LogP contribution in [-0.4, -0.2) is 51.0 Å². The minimum Gasteiger partial charge on any atom is -0.493 e. The van der Waals surface area contributed by atoms with Gasteiger partial charge in [0.15, 0.2) is 5.04 Å². The van der Waals surface area contributed by atoms with Gasteiger partial charge in [0.25, 0.3) is 5.91 Å². The maximum absolute atomic E-state index is 13.0. The molecular weight excluding hydrogens is 372 g/mol. The van der Waals surface area contributed by atoms with Crippen molar-refractivity contribution in [3.8, 4) is 16.9 Å². The number of carbonyl (C=O) groups is 1. The van der Waals surface area contributed by atoms with Gasteiger partial charge in [-0.1, -0.05) is 30.8 Å². The lowest BCUT2D eigenvalue weighted by Gasteiger charge is -2.30. The Labute approximate surface area is 168 Å². The van der Waals surface area contributed by atoms with Crippen molar-refractivity contribution < 1.29 is 9.53 Å². The van der Waals surface area contributed by atoms with Crippen molar-refractivity contribution in [2.24, 2.45) is 10.9 Å². The third kappa shape index (κ3) is 3.21. The van der Waals surface area contributed by atoms with Crippen molar-refractivity contribution in [1.29, 1.82) is 0 Å². The smallest absolute Gasteiger partial charge is 0.278 e. The highest BCUT2D eigenvalue weighted by Crippen LogP contribution is 2.46. The molecule has 5 rings (SSSR count). The molecule has 0 saturated carbocycles. The van der Waals surface area contributed by atoms with Gasteiger partial charge in [0.05, 0.1) is 18.8 Å². The number of benzene rings is 1. The quantitative estimate of drug-likeness (QED) is 0.841. The van der Waals surface area contributed by atoms with Crippen molar-refractivity contribution in [3.05, 3.63) is 36.2 Å². The molecule has 2 aromatic rings. The Morgan fingerprint density at radius 2 is 2.11 bits per heavy atom. The monoisotopic (exact) mass is 396 g/mol. The number of hydrogen-bond acceptors (Lipinski definition) is 5. The number of thioether (sulfide) groups is 1. The van der Waals surface area contributed by atoms with Crippen LogP contribution in [0, 0.1) is 5.92 Å². The molecule has 0 aliphatic carbocycles. The van der Waals surface area contributed by atoms with Crippen molar-refractivity contribution in [2.45, 2.75) is 37.5 Å². The Balaban J connectivity index is 1.41. The summed E-state index contributed by atoms with van der Waals surface area (Å²) in [5, 5.41) is 7.82. The molecule has 1 saturated heterocycles. The van der Waals surface area contributed by atoms with E-state index in [1.54, 1.807) is 18.0 Å². The fourth-order valence-corrected chi connectivity index (χ4v) is 5.41. The maximum Gasteiger partial charge on any atom is 0.278 e. The summed E-state index contributed by atoms with van der Waals surface area (Å²) in [7, 11) is 0. The Morgan fingerprint density at radius 1 is 1.25 bits per heavy atom. The Bertz CT molecular complexity index is 903. The molecule has 2 unspecified atom stereocenters. The molecule has 146 valence electrons. The van der Waals surface area contributed by atoms with Crippen LogP contribution >= 0.6 is 11.8 Å². The molecule has 4 heterocycles. The average Bonchev–Trinajstić information content (AvgIpc) is 3.36. The molecule has 1 aromatic carbocycles. The first-order chi connectivity index (χ1) is 13.7. The van der Waals surface area contributed by atoms with Crippen LogP contribution in [0.25, 0.3) is 11.1 Å². The van der Waals surface area contributed by atoms with Crippen LogP contribution in [0.1, 0.15) is 37.8 Å². The number of piperidine rings is 1. The molecule has 3 aliphatic heterocycles. The number of ether oxygens (including phenoxy) is 1. The number of aromatic nitrogens is 2. The molecule has 6 nitrogen and oxygen atoms in total. The van der Waals surface area contributed by atoms with Crippen molar-refractivity contribution in [2.75, 3.05) is 19.7 Å². The van der Waals surface area contributed by atoms with Crippen LogP contribution in [0.3, 0.4) is 0 Å². The predicted octanol–water partition coefficient (Wildman–Crippen LogP) is 3.67. The lowest BCUT2D eigenvalue weighted by molar-refractivity contribution is -0.125. The molecule has 1 aromatic heterocycles. The van der Waals surface area contributed by atoms with E-state index in [0.29, 0.717) is 17.6 Å². The van der Waals surface area contributed by atoms with E-state index < -0.39 is 0 Å². The third-order valence-corrected chi connectivity index (χ3v) is 7.25. The predicted molar refractivity (Wildman–Crippen MR) is 111 cm³/mol. The van der Waals surface area contributed by atoms with E-state index in [4.69, 9.17) is 9.73 Å². The number of nitrogens with zero attached hydrogens (tertiary/aromatic N) is 3. The van der Waals surface area contributed by atoms with Gasteiger partial charge in [0.1, 0.15) is 5.75 Å². The highest BCUT2D eigenvalue weighted by molar-refractivity contribution is 8.16. The highest BCUT2D eigenvalue weighted by atomic mass is 32.2. The summed E-state index contributed by atoms with van der Waals surface area (Å²) >= 11 is 1.64. The third-order valence-electron chi connectivity index (χ3n) is 5.95. The first-order valence-corrected chi connectivity index (χ1v) is 10.9. The molecule has 2 atom stereocenters. The Hall–Kier alpha value is -2.28. The van der Waals surface area contributed by atoms with E-state index in [1.807, 2.05) is 11.1 Å². The lowest BCUT2D eigenvalue weighted by atomic mass is 9.99. The van der Waals surface area contributed by atoms with Gasteiger partial charge in [-0.05, 0) is 36.8 Å². The van der Waals surface area contributed by atoms with Crippen molar-refractivity contribution in [3.63, 3.8) is 0 Å². The number of nitrogens with one attached hydrogen (secondary N) is 1. The van der Waals surface area contributed by atoms with E-state index >= 15 is 0 Å². The SMILES string of the molecule is CC1CCN(C(=O)C2=NC3c4ccc(-c5cn[nH]c5)cc4OCCC3S2)CC1. The van der Waals surface area contributed by atoms with Gasteiger partial charge in [0, 0.05) is 35.7 Å². The molecule has 0 bridgehead atoms. The molecular formula is C21H24N4O2S. The number of likely N-dealkylation sites (tertiary alicyclic amines) is 1. The Kier molecular flexibility index (Phi) is 4.62. The maximum atomic E-state index is 13.0. The second kappa shape index (κ2) is 7.28. The van der Waals surface area contributed by atoms with E-state index in [2.05, 4.69) is 35.3 Å². The molecule has 1 fully saturated rings. The first-order valence-electron chi connectivity index (χ1n) is 9.98. The minimum atomic E-state index is -0.0106. The van der Waals surface area contributed by atoms with E-state index in [9.17, 15) is 4.79 Å². The average molecular weight is 397 g/mol. The zero-order valence-electron chi connectivity index (χ0n) is 15.9. The Morgan fingerprint density at radius 3 is 2.89 bits per heavy atom. The minimum absolute atomic E-state index is 0.0106. The van der Waals surface area contributed by atoms with E-state index in [1.165, 1.54) is 0 Å². The molecule has 28 heavy (non-hydrogen) atoms. The molecule has 0 spiro atoms. The molecule has 7 heteroatoms. The van der Waals surface area contributed by atoms with Crippen LogP contribution in [-0.2, 0) is 4.79 Å². The molecule has 1 amide bonds. The summed E-state index contributed by atoms with van der Waals surface area (Å²) in [4.78, 5) is 19.9. The van der Waals surface area contributed by atoms with E-state index in [-0.39, 0.29) is 17.2 Å². The summed E-state index contributed by atoms with van der Waals surface area (Å²) in [6.45, 7) is 4.61. The van der Waals surface area contributed by atoms with Crippen LogP contribution in [0.5, 0.6) is 5.75 Å². The fraction of sp³-hybridized carbons (Fsp3) is 0.476. The summed E-state index contributed by atoms with van der Waals surface area (Å²) in [6, 6.07) is 6.24. The van der Waals surface area contributed by atoms with Gasteiger partial charge < -0.3 is 9.64 Å². The summed E-state index contributed by atoms with van der Waals surface area (Å²) in [5.74, 6) is 1.69. The van der Waals surface area contributed by atoms with Crippen LogP contribution < -0.4 is 4.74 Å². The largest absolute Gasteiger partial charge is 0.493 e. The zero-order valence-corrected chi connectivity index (χ0v) is 16.7. The molecule has 1 N–H and O–H groups in total. The number of amides is 1. The number of aliphatic imine (C=N–C) groups is 1. The number of carbonyl (C=O) groups excluding carboxylic acids is 1. The molecule has 0 radical (unpaired) electrons. The topological polar surface area (TPSA) is 70.6 Å². The van der Waals surface area contributed by atoms with Crippen LogP contribution in [0.4, 0.5) is 0 Å². The van der Waals surface area contributed by atoms with Crippen LogP contribution in [0.15, 0.2) is 35.6 Å². The number of hydrogen-bond donors (Lipinski definition) is 1. The van der Waals surface area contributed by atoms with Gasteiger partial charge in [-0.15, -0.1) is 0 Å². The van der Waals surface area contributed by atoms with Gasteiger partial charge in [-0.3, -0.25) is 14.9 Å². The lowest BCUT2D eigenvalue weighted by Crippen LogP contribution is -2.40. The number of rotatable bonds is 2. The van der Waals surface area contributed by atoms with Gasteiger partial charge in [-0.2, -0.15) is 5.10 Å². The van der Waals surface area contributed by atoms with Crippen molar-refractivity contribution >= 4 is 22.7 Å². The summed E-state index contributed by atoms with van der Waals surface area (Å²) < 4.78 is 6.04. The second-order valence-corrected chi connectivity index (χ2v) is 9.11. The van der Waals surface area contributed by atoms with Crippen molar-refractivity contribution in [1.82, 2.24) is 15.1 Å². The number of H-pyrrole nitrogens is 1. The van der Waals surface area contributed by atoms with Gasteiger partial charge in [-0.25, -0.2) is 0 Å². The summed E-state index contributed by atoms with van der Waals surface area (Å²) in [6.07, 6.45) is 6.75. The first kappa shape index (κ1) is 17.8. The second-order valence-electron chi connectivity index (χ2n) is 7.89. The van der Waals surface area contributed by atoms with Gasteiger partial charge >= 0.3 is 0 Å². The standard InChI is InChI=1S/C21H24N4O2S/c1-13-4-7-25(8-5-13)21(26)20-24-19-16-3-2-14(15-11-22-23-12-15)10-17(16)27-9-6-18(19)28-20/h2-3,10-13,18-19H,4-9H2,1H3,(H,22,23). The van der Waals surface area contributed by atoms with E-state index in [0.717, 1.165) is 54.8 Å². The number of fused-ring (bicyclic) bond motifs is 3. The zero-order chi connectivity index (χ0) is 19.1.